The van der Waals surface area contributed by atoms with Gasteiger partial charge in [0.2, 0.25) is 11.8 Å². The van der Waals surface area contributed by atoms with Crippen LogP contribution in [0.25, 0.3) is 0 Å². The van der Waals surface area contributed by atoms with Gasteiger partial charge in [0.25, 0.3) is 0 Å². The van der Waals surface area contributed by atoms with E-state index in [2.05, 4.69) is 0 Å². The first-order valence-corrected chi connectivity index (χ1v) is 9.09. The summed E-state index contributed by atoms with van der Waals surface area (Å²) in [5.41, 5.74) is -0.0248. The van der Waals surface area contributed by atoms with E-state index in [9.17, 15) is 14.7 Å². The first kappa shape index (κ1) is 16.5. The lowest BCUT2D eigenvalue weighted by Crippen LogP contribution is -2.55. The molecule has 3 rings (SSSR count). The fourth-order valence-electron chi connectivity index (χ4n) is 3.86. The molecule has 5 nitrogen and oxygen atoms in total. The van der Waals surface area contributed by atoms with Gasteiger partial charge in [-0.2, -0.15) is 0 Å². The molecule has 0 radical (unpaired) electrons. The highest BCUT2D eigenvalue weighted by Gasteiger charge is 2.42. The summed E-state index contributed by atoms with van der Waals surface area (Å²) in [4.78, 5) is 28.9. The van der Waals surface area contributed by atoms with Gasteiger partial charge in [-0.3, -0.25) is 9.59 Å². The Morgan fingerprint density at radius 1 is 1.35 bits per heavy atom. The van der Waals surface area contributed by atoms with Gasteiger partial charge in [-0.1, -0.05) is 6.07 Å². The highest BCUT2D eigenvalue weighted by molar-refractivity contribution is 7.10. The monoisotopic (exact) mass is 336 g/mol. The van der Waals surface area contributed by atoms with E-state index in [1.54, 1.807) is 23.2 Å². The number of hydrogen-bond donors (Lipinski definition) is 1. The van der Waals surface area contributed by atoms with Crippen LogP contribution in [0.4, 0.5) is 0 Å². The number of likely N-dealkylation sites (tertiary alicyclic amines) is 2. The van der Waals surface area contributed by atoms with Crippen molar-refractivity contribution in [2.24, 2.45) is 5.41 Å². The Bertz CT molecular complexity index is 564. The second-order valence-electron chi connectivity index (χ2n) is 6.89. The Balaban J connectivity index is 1.58. The Hall–Kier alpha value is -1.40. The van der Waals surface area contributed by atoms with Crippen molar-refractivity contribution >= 4 is 23.2 Å². The van der Waals surface area contributed by atoms with E-state index >= 15 is 0 Å². The lowest BCUT2D eigenvalue weighted by atomic mass is 9.71. The molecule has 126 valence electrons. The topological polar surface area (TPSA) is 60.9 Å². The van der Waals surface area contributed by atoms with Crippen LogP contribution >= 0.6 is 11.3 Å². The minimum absolute atomic E-state index is 0.0248. The summed E-state index contributed by atoms with van der Waals surface area (Å²) in [5.74, 6) is 0.210. The molecule has 2 amide bonds. The van der Waals surface area contributed by atoms with Crippen LogP contribution in [-0.2, 0) is 16.0 Å². The van der Waals surface area contributed by atoms with Crippen molar-refractivity contribution in [3.63, 3.8) is 0 Å². The van der Waals surface area contributed by atoms with Crippen LogP contribution in [0, 0.1) is 5.41 Å². The molecule has 2 fully saturated rings. The van der Waals surface area contributed by atoms with Crippen LogP contribution in [0.5, 0.6) is 0 Å². The minimum atomic E-state index is -0.443. The number of rotatable bonds is 2. The summed E-state index contributed by atoms with van der Waals surface area (Å²) in [5, 5.41) is 12.1. The largest absolute Gasteiger partial charge is 0.391 e. The van der Waals surface area contributed by atoms with Gasteiger partial charge in [-0.05, 0) is 36.1 Å². The number of piperidine rings is 2. The highest BCUT2D eigenvalue weighted by Crippen LogP contribution is 2.40. The Kier molecular flexibility index (Phi) is 4.73. The predicted octanol–water partition coefficient (Wildman–Crippen LogP) is 1.51. The van der Waals surface area contributed by atoms with Gasteiger partial charge in [0.1, 0.15) is 0 Å². The molecular formula is C17H24N2O3S. The zero-order valence-electron chi connectivity index (χ0n) is 13.5. The number of carbonyl (C=O) groups excluding carboxylic acids is 2. The molecule has 6 heteroatoms. The van der Waals surface area contributed by atoms with Crippen LogP contribution < -0.4 is 0 Å². The average Bonchev–Trinajstić information content (AvgIpc) is 3.00. The lowest BCUT2D eigenvalue weighted by molar-refractivity contribution is -0.141. The molecule has 2 aliphatic rings. The lowest BCUT2D eigenvalue weighted by Gasteiger charge is -2.49. The molecule has 2 saturated heterocycles. The molecular weight excluding hydrogens is 312 g/mol. The number of carbonyl (C=O) groups is 2. The fraction of sp³-hybridized carbons (Fsp3) is 0.647. The first-order chi connectivity index (χ1) is 11.0. The summed E-state index contributed by atoms with van der Waals surface area (Å²) in [6, 6.07) is 3.97. The van der Waals surface area contributed by atoms with Crippen molar-refractivity contribution in [1.82, 2.24) is 9.80 Å². The van der Waals surface area contributed by atoms with Crippen molar-refractivity contribution < 1.29 is 14.7 Å². The third-order valence-corrected chi connectivity index (χ3v) is 6.03. The predicted molar refractivity (Wildman–Crippen MR) is 89.1 cm³/mol. The smallest absolute Gasteiger partial charge is 0.227 e. The number of aliphatic hydroxyl groups is 1. The maximum Gasteiger partial charge on any atom is 0.227 e. The Morgan fingerprint density at radius 3 is 2.70 bits per heavy atom. The van der Waals surface area contributed by atoms with Crippen molar-refractivity contribution in [1.29, 1.82) is 0 Å². The van der Waals surface area contributed by atoms with E-state index in [-0.39, 0.29) is 17.2 Å². The Labute approximate surface area is 140 Å². The van der Waals surface area contributed by atoms with Crippen LogP contribution in [0.15, 0.2) is 17.5 Å². The van der Waals surface area contributed by atoms with Crippen molar-refractivity contribution in [2.45, 2.75) is 38.7 Å². The highest BCUT2D eigenvalue weighted by atomic mass is 32.1. The molecule has 1 aromatic heterocycles. The zero-order chi connectivity index (χ0) is 16.4. The molecule has 0 aliphatic carbocycles. The number of β-amino-alcohol motifs (C(OH)–C–C–N with tert-alkyl or cyclic N) is 1. The molecule has 1 spiro atoms. The number of thiophene rings is 1. The van der Waals surface area contributed by atoms with Crippen LogP contribution in [-0.4, -0.2) is 59.0 Å². The second kappa shape index (κ2) is 6.61. The zero-order valence-corrected chi connectivity index (χ0v) is 14.3. The van der Waals surface area contributed by atoms with Gasteiger partial charge < -0.3 is 14.9 Å². The van der Waals surface area contributed by atoms with Crippen molar-refractivity contribution in [3.05, 3.63) is 22.4 Å². The number of aliphatic hydroxyl groups excluding tert-OH is 1. The molecule has 0 bridgehead atoms. The summed E-state index contributed by atoms with van der Waals surface area (Å²) < 4.78 is 0. The molecule has 2 aliphatic heterocycles. The summed E-state index contributed by atoms with van der Waals surface area (Å²) in [6.45, 7) is 4.17. The number of amides is 2. The van der Waals surface area contributed by atoms with E-state index < -0.39 is 6.10 Å². The standard InChI is InChI=1S/C17H24N2O3S/c1-13(20)19-11-14(21)10-17(12-19)4-6-18(7-5-17)16(22)9-15-3-2-8-23-15/h2-3,8,14,21H,4-7,9-12H2,1H3. The quantitative estimate of drug-likeness (QED) is 0.891. The maximum absolute atomic E-state index is 12.4. The van der Waals surface area contributed by atoms with E-state index in [0.717, 1.165) is 37.2 Å². The molecule has 3 heterocycles. The molecule has 1 unspecified atom stereocenters. The van der Waals surface area contributed by atoms with Gasteiger partial charge in [0.05, 0.1) is 12.5 Å². The van der Waals surface area contributed by atoms with Gasteiger partial charge in [0.15, 0.2) is 0 Å². The summed E-state index contributed by atoms with van der Waals surface area (Å²) >= 11 is 1.62. The van der Waals surface area contributed by atoms with Gasteiger partial charge in [0, 0.05) is 38.0 Å². The van der Waals surface area contributed by atoms with Gasteiger partial charge >= 0.3 is 0 Å². The molecule has 1 N–H and O–H groups in total. The van der Waals surface area contributed by atoms with E-state index in [4.69, 9.17) is 0 Å². The molecule has 1 aromatic rings. The van der Waals surface area contributed by atoms with Crippen molar-refractivity contribution in [2.75, 3.05) is 26.2 Å². The third-order valence-electron chi connectivity index (χ3n) is 5.15. The van der Waals surface area contributed by atoms with E-state index in [1.807, 2.05) is 22.4 Å². The minimum Gasteiger partial charge on any atom is -0.391 e. The first-order valence-electron chi connectivity index (χ1n) is 8.21. The number of nitrogens with zero attached hydrogens (tertiary/aromatic N) is 2. The normalized spacial score (nSPS) is 24.0. The van der Waals surface area contributed by atoms with Gasteiger partial charge in [-0.25, -0.2) is 0 Å². The molecule has 1 atom stereocenters. The summed E-state index contributed by atoms with van der Waals surface area (Å²) in [7, 11) is 0. The summed E-state index contributed by atoms with van der Waals surface area (Å²) in [6.07, 6.45) is 2.51. The van der Waals surface area contributed by atoms with Gasteiger partial charge in [-0.15, -0.1) is 11.3 Å². The van der Waals surface area contributed by atoms with Crippen molar-refractivity contribution in [3.8, 4) is 0 Å². The molecule has 23 heavy (non-hydrogen) atoms. The van der Waals surface area contributed by atoms with Crippen LogP contribution in [0.1, 0.15) is 31.1 Å². The average molecular weight is 336 g/mol. The third kappa shape index (κ3) is 3.75. The SMILES string of the molecule is CC(=O)N1CC(O)CC2(CCN(C(=O)Cc3cccs3)CC2)C1. The maximum atomic E-state index is 12.4. The van der Waals surface area contributed by atoms with E-state index in [1.165, 1.54) is 0 Å². The molecule has 0 saturated carbocycles. The van der Waals surface area contributed by atoms with Crippen LogP contribution in [0.2, 0.25) is 0 Å². The molecule has 0 aromatic carbocycles. The fourth-order valence-corrected chi connectivity index (χ4v) is 4.56. The van der Waals surface area contributed by atoms with Crippen LogP contribution in [0.3, 0.4) is 0 Å². The second-order valence-corrected chi connectivity index (χ2v) is 7.93. The Morgan fingerprint density at radius 2 is 2.09 bits per heavy atom. The number of hydrogen-bond acceptors (Lipinski definition) is 4. The van der Waals surface area contributed by atoms with E-state index in [0.29, 0.717) is 19.5 Å².